The van der Waals surface area contributed by atoms with Crippen LogP contribution in [0, 0.1) is 13.8 Å². The van der Waals surface area contributed by atoms with E-state index in [1.807, 2.05) is 12.1 Å². The molecule has 0 saturated carbocycles. The van der Waals surface area contributed by atoms with Crippen LogP contribution in [-0.4, -0.2) is 18.6 Å². The highest BCUT2D eigenvalue weighted by Crippen LogP contribution is 2.23. The molecule has 0 radical (unpaired) electrons. The molecule has 7 nitrogen and oxygen atoms in total. The van der Waals surface area contributed by atoms with E-state index in [4.69, 9.17) is 4.52 Å². The van der Waals surface area contributed by atoms with Crippen molar-refractivity contribution in [2.75, 3.05) is 10.0 Å². The van der Waals surface area contributed by atoms with Gasteiger partial charge in [-0.15, -0.1) is 0 Å². The highest BCUT2D eigenvalue weighted by Gasteiger charge is 2.24. The smallest absolute Gasteiger partial charge is 0.267 e. The van der Waals surface area contributed by atoms with Crippen LogP contribution in [-0.2, 0) is 10.0 Å². The molecule has 8 heteroatoms. The SMILES string of the molecule is Cc1noc(C)c1S(=O)(=O)Nc1ccc(Nc2ccc(C(C)C)cc2)nc1. The minimum Gasteiger partial charge on any atom is -0.360 e. The first-order valence-corrected chi connectivity index (χ1v) is 10.0. The molecule has 0 aliphatic heterocycles. The summed E-state index contributed by atoms with van der Waals surface area (Å²) in [5, 5.41) is 6.87. The summed E-state index contributed by atoms with van der Waals surface area (Å²) < 4.78 is 32.5. The third-order valence-corrected chi connectivity index (χ3v) is 5.73. The number of benzene rings is 1. The molecule has 27 heavy (non-hydrogen) atoms. The van der Waals surface area contributed by atoms with E-state index in [1.165, 1.54) is 11.8 Å². The lowest BCUT2D eigenvalue weighted by molar-refractivity contribution is 0.390. The van der Waals surface area contributed by atoms with Crippen molar-refractivity contribution >= 4 is 27.2 Å². The summed E-state index contributed by atoms with van der Waals surface area (Å²) >= 11 is 0. The second-order valence-corrected chi connectivity index (χ2v) is 8.21. The van der Waals surface area contributed by atoms with Gasteiger partial charge in [-0.1, -0.05) is 31.1 Å². The van der Waals surface area contributed by atoms with Gasteiger partial charge in [0.15, 0.2) is 10.7 Å². The fraction of sp³-hybridized carbons (Fsp3) is 0.263. The minimum absolute atomic E-state index is 0.0509. The molecule has 0 unspecified atom stereocenters. The molecule has 2 heterocycles. The predicted octanol–water partition coefficient (Wildman–Crippen LogP) is 4.35. The molecule has 2 aromatic heterocycles. The molecule has 3 aromatic rings. The van der Waals surface area contributed by atoms with Crippen molar-refractivity contribution < 1.29 is 12.9 Å². The standard InChI is InChI=1S/C19H22N4O3S/c1-12(2)15-5-7-16(8-6-15)21-18-10-9-17(11-20-18)23-27(24,25)19-13(3)22-26-14(19)4/h5-12,23H,1-4H3,(H,20,21). The molecule has 142 valence electrons. The van der Waals surface area contributed by atoms with Gasteiger partial charge in [0.1, 0.15) is 11.5 Å². The first-order chi connectivity index (χ1) is 12.8. The third kappa shape index (κ3) is 4.28. The number of hydrogen-bond acceptors (Lipinski definition) is 6. The van der Waals surface area contributed by atoms with Crippen molar-refractivity contribution in [1.29, 1.82) is 0 Å². The number of sulfonamides is 1. The van der Waals surface area contributed by atoms with Crippen LogP contribution in [0.15, 0.2) is 52.0 Å². The molecule has 0 spiro atoms. The molecule has 0 amide bonds. The Morgan fingerprint density at radius 1 is 1.00 bits per heavy atom. The third-order valence-electron chi connectivity index (χ3n) is 4.10. The van der Waals surface area contributed by atoms with E-state index in [1.54, 1.807) is 26.0 Å². The lowest BCUT2D eigenvalue weighted by Gasteiger charge is -2.10. The van der Waals surface area contributed by atoms with Gasteiger partial charge in [0.05, 0.1) is 11.9 Å². The molecule has 0 atom stereocenters. The number of nitrogens with zero attached hydrogens (tertiary/aromatic N) is 2. The molecule has 3 rings (SSSR count). The van der Waals surface area contributed by atoms with Crippen LogP contribution in [0.25, 0.3) is 0 Å². The molecule has 0 aliphatic carbocycles. The number of rotatable bonds is 6. The number of hydrogen-bond donors (Lipinski definition) is 2. The van der Waals surface area contributed by atoms with E-state index in [0.717, 1.165) is 5.69 Å². The Balaban J connectivity index is 1.72. The van der Waals surface area contributed by atoms with E-state index >= 15 is 0 Å². The van der Waals surface area contributed by atoms with Gasteiger partial charge in [0.25, 0.3) is 10.0 Å². The van der Waals surface area contributed by atoms with Gasteiger partial charge < -0.3 is 9.84 Å². The zero-order valence-corrected chi connectivity index (χ0v) is 16.5. The summed E-state index contributed by atoms with van der Waals surface area (Å²) in [5.74, 6) is 1.34. The van der Waals surface area contributed by atoms with Crippen molar-refractivity contribution in [3.8, 4) is 0 Å². The molecule has 0 fully saturated rings. The highest BCUT2D eigenvalue weighted by molar-refractivity contribution is 7.92. The van der Waals surface area contributed by atoms with Crippen LogP contribution < -0.4 is 10.0 Å². The number of pyridine rings is 1. The average Bonchev–Trinajstić information content (AvgIpc) is 2.96. The quantitative estimate of drug-likeness (QED) is 0.653. The maximum Gasteiger partial charge on any atom is 0.267 e. The van der Waals surface area contributed by atoms with Crippen molar-refractivity contribution in [2.45, 2.75) is 38.5 Å². The summed E-state index contributed by atoms with van der Waals surface area (Å²) in [4.78, 5) is 4.32. The second kappa shape index (κ2) is 7.40. The Morgan fingerprint density at radius 3 is 2.19 bits per heavy atom. The van der Waals surface area contributed by atoms with Gasteiger partial charge in [0, 0.05) is 5.69 Å². The number of nitrogens with one attached hydrogen (secondary N) is 2. The summed E-state index contributed by atoms with van der Waals surface area (Å²) in [7, 11) is -3.78. The van der Waals surface area contributed by atoms with Crippen molar-refractivity contribution in [2.24, 2.45) is 0 Å². The summed E-state index contributed by atoms with van der Waals surface area (Å²) in [5.41, 5.74) is 2.85. The van der Waals surface area contributed by atoms with E-state index in [2.05, 4.69) is 46.2 Å². The molecular weight excluding hydrogens is 364 g/mol. The zero-order valence-electron chi connectivity index (χ0n) is 15.6. The Morgan fingerprint density at radius 2 is 1.67 bits per heavy atom. The first kappa shape index (κ1) is 18.9. The molecular formula is C19H22N4O3S. The Hall–Kier alpha value is -2.87. The number of aromatic nitrogens is 2. The molecule has 0 saturated heterocycles. The normalized spacial score (nSPS) is 11.6. The Bertz CT molecular complexity index is 1000. The van der Waals surface area contributed by atoms with Crippen molar-refractivity contribution in [1.82, 2.24) is 10.1 Å². The van der Waals surface area contributed by atoms with E-state index < -0.39 is 10.0 Å². The summed E-state index contributed by atoms with van der Waals surface area (Å²) in [6.07, 6.45) is 1.46. The van der Waals surface area contributed by atoms with Gasteiger partial charge in [0.2, 0.25) is 0 Å². The van der Waals surface area contributed by atoms with E-state index in [9.17, 15) is 8.42 Å². The zero-order chi connectivity index (χ0) is 19.6. The molecule has 0 bridgehead atoms. The van der Waals surface area contributed by atoms with E-state index in [-0.39, 0.29) is 10.7 Å². The summed E-state index contributed by atoms with van der Waals surface area (Å²) in [6.45, 7) is 7.43. The van der Waals surface area contributed by atoms with Crippen LogP contribution >= 0.6 is 0 Å². The van der Waals surface area contributed by atoms with Crippen LogP contribution in [0.5, 0.6) is 0 Å². The van der Waals surface area contributed by atoms with Crippen LogP contribution in [0.3, 0.4) is 0 Å². The van der Waals surface area contributed by atoms with Gasteiger partial charge in [-0.25, -0.2) is 13.4 Å². The molecule has 0 aliphatic rings. The molecule has 1 aromatic carbocycles. The predicted molar refractivity (Wildman–Crippen MR) is 105 cm³/mol. The number of anilines is 3. The van der Waals surface area contributed by atoms with Crippen LogP contribution in [0.4, 0.5) is 17.2 Å². The summed E-state index contributed by atoms with van der Waals surface area (Å²) in [6, 6.07) is 11.5. The lowest BCUT2D eigenvalue weighted by Crippen LogP contribution is -2.14. The monoisotopic (exact) mass is 386 g/mol. The van der Waals surface area contributed by atoms with Crippen molar-refractivity contribution in [3.63, 3.8) is 0 Å². The van der Waals surface area contributed by atoms with Crippen LogP contribution in [0.2, 0.25) is 0 Å². The average molecular weight is 386 g/mol. The fourth-order valence-corrected chi connectivity index (χ4v) is 4.07. The van der Waals surface area contributed by atoms with E-state index in [0.29, 0.717) is 23.1 Å². The lowest BCUT2D eigenvalue weighted by atomic mass is 10.0. The maximum absolute atomic E-state index is 12.5. The van der Waals surface area contributed by atoms with Crippen molar-refractivity contribution in [3.05, 3.63) is 59.6 Å². The van der Waals surface area contributed by atoms with Gasteiger partial charge in [-0.05, 0) is 49.6 Å². The topological polar surface area (TPSA) is 97.1 Å². The van der Waals surface area contributed by atoms with Crippen LogP contribution in [0.1, 0.15) is 36.8 Å². The minimum atomic E-state index is -3.78. The van der Waals surface area contributed by atoms with Gasteiger partial charge in [-0.2, -0.15) is 0 Å². The number of aryl methyl sites for hydroxylation is 2. The second-order valence-electron chi connectivity index (χ2n) is 6.59. The largest absolute Gasteiger partial charge is 0.360 e. The van der Waals surface area contributed by atoms with Gasteiger partial charge >= 0.3 is 0 Å². The van der Waals surface area contributed by atoms with Gasteiger partial charge in [-0.3, -0.25) is 4.72 Å². The highest BCUT2D eigenvalue weighted by atomic mass is 32.2. The Kier molecular flexibility index (Phi) is 5.18. The first-order valence-electron chi connectivity index (χ1n) is 8.55. The maximum atomic E-state index is 12.5. The Labute approximate surface area is 158 Å². The fourth-order valence-electron chi connectivity index (χ4n) is 2.69. The molecule has 2 N–H and O–H groups in total.